The lowest BCUT2D eigenvalue weighted by atomic mass is 9.96. The predicted molar refractivity (Wildman–Crippen MR) is 75.5 cm³/mol. The van der Waals surface area contributed by atoms with E-state index in [9.17, 15) is 0 Å². The van der Waals surface area contributed by atoms with E-state index in [4.69, 9.17) is 9.47 Å². The van der Waals surface area contributed by atoms with E-state index < -0.39 is 0 Å². The summed E-state index contributed by atoms with van der Waals surface area (Å²) in [6.07, 6.45) is 4.10. The maximum absolute atomic E-state index is 5.81. The van der Waals surface area contributed by atoms with Crippen LogP contribution in [0.5, 0.6) is 11.5 Å². The van der Waals surface area contributed by atoms with E-state index in [0.717, 1.165) is 11.5 Å². The van der Waals surface area contributed by atoms with Crippen LogP contribution in [0.15, 0.2) is 54.6 Å². The molecular formula is C17H18O2. The molecule has 3 rings (SSSR count). The van der Waals surface area contributed by atoms with Crippen LogP contribution in [-0.2, 0) is 6.61 Å². The summed E-state index contributed by atoms with van der Waals surface area (Å²) in [7, 11) is 0. The van der Waals surface area contributed by atoms with Crippen molar-refractivity contribution >= 4 is 0 Å². The van der Waals surface area contributed by atoms with Gasteiger partial charge < -0.3 is 9.47 Å². The highest BCUT2D eigenvalue weighted by Crippen LogP contribution is 2.26. The normalized spacial score (nSPS) is 14.7. The Kier molecular flexibility index (Phi) is 3.68. The second-order valence-electron chi connectivity index (χ2n) is 4.92. The van der Waals surface area contributed by atoms with Crippen molar-refractivity contribution in [3.63, 3.8) is 0 Å². The molecule has 1 fully saturated rings. The highest BCUT2D eigenvalue weighted by atomic mass is 16.5. The molecule has 1 aliphatic carbocycles. The molecule has 98 valence electrons. The van der Waals surface area contributed by atoms with Crippen LogP contribution in [0, 0.1) is 0 Å². The molecule has 0 heterocycles. The van der Waals surface area contributed by atoms with Crippen molar-refractivity contribution in [3.8, 4) is 11.5 Å². The molecule has 0 spiro atoms. The Bertz CT molecular complexity index is 501. The zero-order chi connectivity index (χ0) is 12.9. The molecule has 0 aromatic heterocycles. The number of rotatable bonds is 5. The largest absolute Gasteiger partial charge is 0.490 e. The quantitative estimate of drug-likeness (QED) is 0.796. The first-order chi connectivity index (χ1) is 9.40. The van der Waals surface area contributed by atoms with E-state index in [0.29, 0.717) is 12.7 Å². The maximum atomic E-state index is 5.81. The summed E-state index contributed by atoms with van der Waals surface area (Å²) in [5, 5.41) is 0. The van der Waals surface area contributed by atoms with E-state index >= 15 is 0 Å². The standard InChI is InChI=1S/C17H18O2/c1-2-5-14(6-3-1)13-18-15-9-11-17(12-10-15)19-16-7-4-8-16/h1-3,5-6,9-12,16H,4,7-8,13H2. The van der Waals surface area contributed by atoms with Crippen LogP contribution in [0.1, 0.15) is 24.8 Å². The summed E-state index contributed by atoms with van der Waals surface area (Å²) in [5.41, 5.74) is 1.18. The molecule has 19 heavy (non-hydrogen) atoms. The van der Waals surface area contributed by atoms with Gasteiger partial charge in [-0.15, -0.1) is 0 Å². The van der Waals surface area contributed by atoms with Crippen molar-refractivity contribution in [1.29, 1.82) is 0 Å². The van der Waals surface area contributed by atoms with Gasteiger partial charge in [0.15, 0.2) is 0 Å². The average Bonchev–Trinajstić information content (AvgIpc) is 2.43. The van der Waals surface area contributed by atoms with Crippen LogP contribution in [0.3, 0.4) is 0 Å². The third-order valence-corrected chi connectivity index (χ3v) is 3.43. The van der Waals surface area contributed by atoms with Gasteiger partial charge in [0.1, 0.15) is 18.1 Å². The Labute approximate surface area is 114 Å². The molecule has 2 nitrogen and oxygen atoms in total. The van der Waals surface area contributed by atoms with Crippen LogP contribution in [0.2, 0.25) is 0 Å². The fourth-order valence-corrected chi connectivity index (χ4v) is 2.04. The predicted octanol–water partition coefficient (Wildman–Crippen LogP) is 4.20. The fourth-order valence-electron chi connectivity index (χ4n) is 2.04. The van der Waals surface area contributed by atoms with E-state index in [-0.39, 0.29) is 0 Å². The third kappa shape index (κ3) is 3.28. The molecule has 0 N–H and O–H groups in total. The molecule has 1 aliphatic rings. The van der Waals surface area contributed by atoms with Crippen LogP contribution < -0.4 is 9.47 Å². The van der Waals surface area contributed by atoms with Gasteiger partial charge in [-0.3, -0.25) is 0 Å². The van der Waals surface area contributed by atoms with Crippen molar-refractivity contribution in [1.82, 2.24) is 0 Å². The van der Waals surface area contributed by atoms with Crippen molar-refractivity contribution in [2.75, 3.05) is 0 Å². The molecule has 2 aromatic carbocycles. The summed E-state index contributed by atoms with van der Waals surface area (Å²) >= 11 is 0. The number of benzene rings is 2. The summed E-state index contributed by atoms with van der Waals surface area (Å²) in [4.78, 5) is 0. The maximum Gasteiger partial charge on any atom is 0.120 e. The second-order valence-corrected chi connectivity index (χ2v) is 4.92. The van der Waals surface area contributed by atoms with Gasteiger partial charge in [-0.2, -0.15) is 0 Å². The first-order valence-corrected chi connectivity index (χ1v) is 6.83. The second kappa shape index (κ2) is 5.79. The van der Waals surface area contributed by atoms with E-state index in [1.807, 2.05) is 42.5 Å². The summed E-state index contributed by atoms with van der Waals surface area (Å²) in [5.74, 6) is 1.82. The highest BCUT2D eigenvalue weighted by molar-refractivity contribution is 5.31. The molecule has 1 saturated carbocycles. The Morgan fingerprint density at radius 2 is 1.53 bits per heavy atom. The zero-order valence-corrected chi connectivity index (χ0v) is 10.9. The van der Waals surface area contributed by atoms with Gasteiger partial charge >= 0.3 is 0 Å². The van der Waals surface area contributed by atoms with Gasteiger partial charge in [0.05, 0.1) is 6.10 Å². The fraction of sp³-hybridized carbons (Fsp3) is 0.294. The van der Waals surface area contributed by atoms with Gasteiger partial charge in [0.2, 0.25) is 0 Å². The minimum atomic E-state index is 0.427. The lowest BCUT2D eigenvalue weighted by molar-refractivity contribution is 0.120. The minimum Gasteiger partial charge on any atom is -0.490 e. The number of hydrogen-bond donors (Lipinski definition) is 0. The van der Waals surface area contributed by atoms with Crippen LogP contribution in [0.4, 0.5) is 0 Å². The Morgan fingerprint density at radius 3 is 2.16 bits per heavy atom. The van der Waals surface area contributed by atoms with Crippen molar-refractivity contribution in [2.24, 2.45) is 0 Å². The molecule has 0 atom stereocenters. The molecule has 2 aromatic rings. The number of hydrogen-bond acceptors (Lipinski definition) is 2. The molecular weight excluding hydrogens is 236 g/mol. The Balaban J connectivity index is 1.53. The van der Waals surface area contributed by atoms with Gasteiger partial charge in [-0.25, -0.2) is 0 Å². The SMILES string of the molecule is c1ccc(COc2ccc(OC3CCC3)cc2)cc1. The van der Waals surface area contributed by atoms with Gasteiger partial charge in [0.25, 0.3) is 0 Å². The van der Waals surface area contributed by atoms with Gasteiger partial charge in [0, 0.05) is 0 Å². The van der Waals surface area contributed by atoms with Crippen LogP contribution in [0.25, 0.3) is 0 Å². The van der Waals surface area contributed by atoms with E-state index in [2.05, 4.69) is 12.1 Å². The summed E-state index contributed by atoms with van der Waals surface area (Å²) < 4.78 is 11.5. The molecule has 0 saturated heterocycles. The van der Waals surface area contributed by atoms with Crippen molar-refractivity contribution in [3.05, 3.63) is 60.2 Å². The Morgan fingerprint density at radius 1 is 0.842 bits per heavy atom. The molecule has 0 aliphatic heterocycles. The topological polar surface area (TPSA) is 18.5 Å². The molecule has 2 heteroatoms. The lowest BCUT2D eigenvalue weighted by Gasteiger charge is -2.26. The number of ether oxygens (including phenoxy) is 2. The molecule has 0 radical (unpaired) electrons. The first kappa shape index (κ1) is 12.1. The lowest BCUT2D eigenvalue weighted by Crippen LogP contribution is -2.24. The van der Waals surface area contributed by atoms with Crippen LogP contribution in [-0.4, -0.2) is 6.10 Å². The van der Waals surface area contributed by atoms with E-state index in [1.165, 1.54) is 24.8 Å². The zero-order valence-electron chi connectivity index (χ0n) is 10.9. The van der Waals surface area contributed by atoms with E-state index in [1.54, 1.807) is 0 Å². The first-order valence-electron chi connectivity index (χ1n) is 6.83. The monoisotopic (exact) mass is 254 g/mol. The van der Waals surface area contributed by atoms with Crippen LogP contribution >= 0.6 is 0 Å². The average molecular weight is 254 g/mol. The minimum absolute atomic E-state index is 0.427. The summed E-state index contributed by atoms with van der Waals surface area (Å²) in [6.45, 7) is 0.601. The molecule has 0 amide bonds. The Hall–Kier alpha value is -1.96. The van der Waals surface area contributed by atoms with Gasteiger partial charge in [-0.05, 0) is 49.1 Å². The molecule has 0 unspecified atom stereocenters. The smallest absolute Gasteiger partial charge is 0.120 e. The summed E-state index contributed by atoms with van der Waals surface area (Å²) in [6, 6.07) is 18.1. The van der Waals surface area contributed by atoms with Crippen molar-refractivity contribution in [2.45, 2.75) is 32.0 Å². The highest BCUT2D eigenvalue weighted by Gasteiger charge is 2.18. The third-order valence-electron chi connectivity index (χ3n) is 3.43. The molecule has 0 bridgehead atoms. The van der Waals surface area contributed by atoms with Crippen molar-refractivity contribution < 1.29 is 9.47 Å². The van der Waals surface area contributed by atoms with Gasteiger partial charge in [-0.1, -0.05) is 30.3 Å².